The fourth-order valence-electron chi connectivity index (χ4n) is 0.189. The topological polar surface area (TPSA) is 75.2 Å². The zero-order valence-corrected chi connectivity index (χ0v) is 4.42. The molecule has 0 aromatic heterocycles. The lowest BCUT2D eigenvalue weighted by atomic mass is 10.9. The lowest BCUT2D eigenvalue weighted by Crippen LogP contribution is -3.04. The molecule has 0 aliphatic carbocycles. The molecule has 5 nitrogen and oxygen atoms in total. The Morgan fingerprint density at radius 3 is 2.00 bits per heavy atom. The van der Waals surface area contributed by atoms with E-state index in [2.05, 4.69) is 0 Å². The van der Waals surface area contributed by atoms with Crippen molar-refractivity contribution in [2.45, 2.75) is 0 Å². The van der Waals surface area contributed by atoms with Gasteiger partial charge >= 0.3 is 0 Å². The Labute approximate surface area is 46.5 Å². The van der Waals surface area contributed by atoms with Gasteiger partial charge in [0.15, 0.2) is 12.4 Å². The zero-order valence-electron chi connectivity index (χ0n) is 4.42. The van der Waals surface area contributed by atoms with Gasteiger partial charge in [0.2, 0.25) is 0 Å². The number of nitrogens with one attached hydrogen (secondary N) is 2. The largest absolute Gasteiger partial charge is 0.629 e. The minimum absolute atomic E-state index is 0.257. The van der Waals surface area contributed by atoms with Gasteiger partial charge in [0, 0.05) is 0 Å². The molecule has 5 heteroatoms. The second kappa shape index (κ2) is 3.53. The number of rotatable bonds is 2. The zero-order chi connectivity index (χ0) is 6.57. The molecule has 0 amide bonds. The molecule has 8 heavy (non-hydrogen) atoms. The highest BCUT2D eigenvalue weighted by molar-refractivity contribution is 4.53. The van der Waals surface area contributed by atoms with Crippen LogP contribution in [0, 0.1) is 10.4 Å². The molecule has 0 aromatic carbocycles. The minimum Gasteiger partial charge on any atom is -0.629 e. The smallest absolute Gasteiger partial charge is 0.181 e. The van der Waals surface area contributed by atoms with Gasteiger partial charge < -0.3 is 15.5 Å². The Hall–Kier alpha value is -0.460. The average Bonchev–Trinajstić information content (AvgIpc) is 1.61. The Kier molecular flexibility index (Phi) is 3.33. The summed E-state index contributed by atoms with van der Waals surface area (Å²) in [5.74, 6) is 0. The SMILES string of the molecule is C[NH+]([O-])/C=C\[NH+]([O-])O. The molecular formula is C3H8N2O3. The van der Waals surface area contributed by atoms with Gasteiger partial charge in [-0.3, -0.25) is 0 Å². The normalized spacial score (nSPS) is 19.0. The predicted octanol–water partition coefficient (Wildman–Crippen LogP) is -2.76. The second-order valence-corrected chi connectivity index (χ2v) is 1.28. The van der Waals surface area contributed by atoms with E-state index in [1.807, 2.05) is 0 Å². The van der Waals surface area contributed by atoms with Crippen LogP contribution in [0.4, 0.5) is 0 Å². The van der Waals surface area contributed by atoms with Gasteiger partial charge in [-0.1, -0.05) is 0 Å². The molecule has 48 valence electrons. The molecule has 2 unspecified atom stereocenters. The molecule has 0 rings (SSSR count). The van der Waals surface area contributed by atoms with Crippen molar-refractivity contribution in [1.82, 2.24) is 0 Å². The van der Waals surface area contributed by atoms with E-state index >= 15 is 0 Å². The van der Waals surface area contributed by atoms with Crippen LogP contribution in [0.2, 0.25) is 0 Å². The van der Waals surface area contributed by atoms with Gasteiger partial charge in [-0.2, -0.15) is 5.23 Å². The molecule has 2 atom stereocenters. The van der Waals surface area contributed by atoms with Crippen LogP contribution in [0.25, 0.3) is 0 Å². The van der Waals surface area contributed by atoms with E-state index in [0.717, 1.165) is 12.4 Å². The van der Waals surface area contributed by atoms with Crippen LogP contribution in [0.15, 0.2) is 12.4 Å². The molecule has 0 saturated heterocycles. The van der Waals surface area contributed by atoms with Gasteiger partial charge in [0.1, 0.15) is 0 Å². The van der Waals surface area contributed by atoms with Crippen molar-refractivity contribution in [3.05, 3.63) is 22.8 Å². The van der Waals surface area contributed by atoms with Crippen LogP contribution in [-0.2, 0) is 0 Å². The van der Waals surface area contributed by atoms with E-state index in [4.69, 9.17) is 5.21 Å². The van der Waals surface area contributed by atoms with E-state index in [-0.39, 0.29) is 5.06 Å². The van der Waals surface area contributed by atoms with Gasteiger partial charge in [0.05, 0.1) is 7.05 Å². The van der Waals surface area contributed by atoms with Crippen LogP contribution < -0.4 is 10.3 Å². The van der Waals surface area contributed by atoms with Gasteiger partial charge in [-0.15, -0.1) is 0 Å². The van der Waals surface area contributed by atoms with Crippen molar-refractivity contribution in [3.63, 3.8) is 0 Å². The van der Waals surface area contributed by atoms with Gasteiger partial charge in [0.25, 0.3) is 0 Å². The van der Waals surface area contributed by atoms with Crippen LogP contribution >= 0.6 is 0 Å². The summed E-state index contributed by atoms with van der Waals surface area (Å²) < 4.78 is 0. The van der Waals surface area contributed by atoms with E-state index < -0.39 is 5.23 Å². The van der Waals surface area contributed by atoms with E-state index in [0.29, 0.717) is 0 Å². The molecular weight excluding hydrogens is 112 g/mol. The second-order valence-electron chi connectivity index (χ2n) is 1.28. The Bertz CT molecular complexity index is 70.6. The fourth-order valence-corrected chi connectivity index (χ4v) is 0.189. The molecule has 3 N–H and O–H groups in total. The number of hydrogen-bond donors (Lipinski definition) is 3. The molecule has 0 aromatic rings. The lowest BCUT2D eigenvalue weighted by molar-refractivity contribution is -1.01. The third-order valence-corrected chi connectivity index (χ3v) is 0.461. The maximum Gasteiger partial charge on any atom is 0.181 e. The molecule has 0 heterocycles. The third-order valence-electron chi connectivity index (χ3n) is 0.461. The highest BCUT2D eigenvalue weighted by Crippen LogP contribution is 1.38. The van der Waals surface area contributed by atoms with Gasteiger partial charge in [-0.05, 0) is 0 Å². The van der Waals surface area contributed by atoms with E-state index in [1.54, 1.807) is 0 Å². The molecule has 0 spiro atoms. The van der Waals surface area contributed by atoms with Crippen LogP contribution in [0.3, 0.4) is 0 Å². The highest BCUT2D eigenvalue weighted by Gasteiger charge is 1.79. The standard InChI is InChI=1S/C3H8N2O3/c1-4(6)2-3-5(7)8/h2-5,7H,1H3/b3-2-. The number of quaternary nitrogens is 2. The Morgan fingerprint density at radius 1 is 1.38 bits per heavy atom. The summed E-state index contributed by atoms with van der Waals surface area (Å²) in [4.78, 5) is 0. The van der Waals surface area contributed by atoms with Crippen LogP contribution in [-0.4, -0.2) is 12.3 Å². The summed E-state index contributed by atoms with van der Waals surface area (Å²) in [6, 6.07) is 0. The number of hydroxylamine groups is 4. The number of hydrogen-bond acceptors (Lipinski definition) is 3. The van der Waals surface area contributed by atoms with E-state index in [1.165, 1.54) is 7.05 Å². The molecule has 0 aliphatic rings. The highest BCUT2D eigenvalue weighted by atomic mass is 16.8. The Morgan fingerprint density at radius 2 is 1.88 bits per heavy atom. The monoisotopic (exact) mass is 120 g/mol. The first-order chi connectivity index (χ1) is 3.63. The third kappa shape index (κ3) is 5.54. The first kappa shape index (κ1) is 7.54. The summed E-state index contributed by atoms with van der Waals surface area (Å²) in [7, 11) is 1.29. The fraction of sp³-hybridized carbons (Fsp3) is 0.333. The summed E-state index contributed by atoms with van der Waals surface area (Å²) in [5, 5.41) is 26.2. The molecule has 0 radical (unpaired) electrons. The first-order valence-electron chi connectivity index (χ1n) is 2.04. The van der Waals surface area contributed by atoms with Crippen molar-refractivity contribution in [1.29, 1.82) is 0 Å². The summed E-state index contributed by atoms with van der Waals surface area (Å²) in [6.45, 7) is 0. The molecule has 0 saturated carbocycles. The van der Waals surface area contributed by atoms with Crippen LogP contribution in [0.1, 0.15) is 0 Å². The molecule has 0 aliphatic heterocycles. The summed E-state index contributed by atoms with van der Waals surface area (Å²) >= 11 is 0. The van der Waals surface area contributed by atoms with Crippen molar-refractivity contribution in [2.75, 3.05) is 7.05 Å². The molecule has 0 bridgehead atoms. The molecule has 0 fully saturated rings. The lowest BCUT2D eigenvalue weighted by Gasteiger charge is -2.09. The van der Waals surface area contributed by atoms with E-state index in [9.17, 15) is 10.4 Å². The van der Waals surface area contributed by atoms with Crippen molar-refractivity contribution in [3.8, 4) is 0 Å². The predicted molar refractivity (Wildman–Crippen MR) is 25.5 cm³/mol. The first-order valence-corrected chi connectivity index (χ1v) is 2.04. The quantitative estimate of drug-likeness (QED) is 0.346. The summed E-state index contributed by atoms with van der Waals surface area (Å²) in [6.07, 6.45) is 1.81. The van der Waals surface area contributed by atoms with Crippen molar-refractivity contribution in [2.24, 2.45) is 0 Å². The summed E-state index contributed by atoms with van der Waals surface area (Å²) in [5.41, 5.74) is 0. The minimum atomic E-state index is -1.10. The average molecular weight is 120 g/mol. The maximum atomic E-state index is 10.00. The van der Waals surface area contributed by atoms with Crippen molar-refractivity contribution >= 4 is 0 Å². The van der Waals surface area contributed by atoms with Crippen LogP contribution in [0.5, 0.6) is 0 Å². The van der Waals surface area contributed by atoms with Crippen molar-refractivity contribution < 1.29 is 15.5 Å². The van der Waals surface area contributed by atoms with Gasteiger partial charge in [-0.25, -0.2) is 5.21 Å². The maximum absolute atomic E-state index is 10.00. The Balaban J connectivity index is 3.34.